The zero-order valence-corrected chi connectivity index (χ0v) is 34.0. The van der Waals surface area contributed by atoms with Crippen LogP contribution in [0.25, 0.3) is 21.5 Å². The number of nitrogens with zero attached hydrogens (tertiary/aromatic N) is 2. The van der Waals surface area contributed by atoms with E-state index in [1.807, 2.05) is 114 Å². The molecule has 6 rings (SSSR count). The number of nitrogens with one attached hydrogen (secondary N) is 1. The number of halogens is 2. The minimum absolute atomic E-state index is 0. The topological polar surface area (TPSA) is 132 Å². The van der Waals surface area contributed by atoms with Crippen molar-refractivity contribution in [1.29, 1.82) is 0 Å². The van der Waals surface area contributed by atoms with Crippen molar-refractivity contribution in [2.24, 2.45) is 5.14 Å². The molecule has 0 aliphatic rings. The van der Waals surface area contributed by atoms with Crippen molar-refractivity contribution in [1.82, 2.24) is 9.97 Å². The van der Waals surface area contributed by atoms with Crippen LogP contribution in [0.4, 0.5) is 5.82 Å². The lowest BCUT2D eigenvalue weighted by Gasteiger charge is -2.16. The third kappa shape index (κ3) is 9.18. The van der Waals surface area contributed by atoms with Gasteiger partial charge in [-0.2, -0.15) is 0 Å². The number of aryl methyl sites for hydroxylation is 4. The van der Waals surface area contributed by atoms with E-state index in [1.54, 1.807) is 26.2 Å². The van der Waals surface area contributed by atoms with Crippen LogP contribution in [0.1, 0.15) is 44.5 Å². The Labute approximate surface area is 317 Å². The minimum Gasteiger partial charge on any atom is -0.263 e. The number of fused-ring (bicyclic) bond motifs is 2. The standard InChI is InChI=1S/C19H20N2O2S.C10H15NO2S.C9H6ClN.HI/c1-12-11-13(2)18(15(4)14(12)3)24(22,23)21-19-17-8-6-5-7-16(17)9-10-20-19;1-6-5-7(2)10(14(11,12)13)9(4)8(6)3;10-9-8-4-2-1-3-7(8)5-6-11-9;/h5-11H,1-4H3,(H,20,21);5H,1-4H3,(H2,11,12,13);1-6H;1H. The lowest BCUT2D eigenvalue weighted by atomic mass is 10.0. The number of sulfonamides is 2. The Balaban J connectivity index is 0.000000221. The normalized spacial score (nSPS) is 11.2. The summed E-state index contributed by atoms with van der Waals surface area (Å²) < 4.78 is 51.3. The average molecular weight is 845 g/mol. The van der Waals surface area contributed by atoms with Gasteiger partial charge >= 0.3 is 0 Å². The summed E-state index contributed by atoms with van der Waals surface area (Å²) in [6.07, 6.45) is 3.32. The zero-order chi connectivity index (χ0) is 36.3. The summed E-state index contributed by atoms with van der Waals surface area (Å²) in [6, 6.07) is 23.1. The second kappa shape index (κ2) is 16.6. The predicted molar refractivity (Wildman–Crippen MR) is 217 cm³/mol. The van der Waals surface area contributed by atoms with E-state index in [0.717, 1.165) is 60.5 Å². The first-order valence-electron chi connectivity index (χ1n) is 15.5. The molecular formula is C38H42ClIN4O4S2. The fourth-order valence-corrected chi connectivity index (χ4v) is 8.71. The maximum Gasteiger partial charge on any atom is 0.263 e. The van der Waals surface area contributed by atoms with Crippen LogP contribution in [-0.2, 0) is 20.0 Å². The summed E-state index contributed by atoms with van der Waals surface area (Å²) in [5, 5.41) is 9.59. The monoisotopic (exact) mass is 844 g/mol. The van der Waals surface area contributed by atoms with E-state index in [4.69, 9.17) is 16.7 Å². The molecule has 0 saturated heterocycles. The van der Waals surface area contributed by atoms with Gasteiger partial charge in [0.1, 0.15) is 11.0 Å². The first-order valence-corrected chi connectivity index (χ1v) is 18.9. The minimum atomic E-state index is -3.72. The van der Waals surface area contributed by atoms with Crippen molar-refractivity contribution in [3.8, 4) is 0 Å². The van der Waals surface area contributed by atoms with Crippen molar-refractivity contribution in [2.75, 3.05) is 4.72 Å². The number of pyridine rings is 2. The number of aromatic nitrogens is 2. The second-order valence-corrected chi connectivity index (χ2v) is 15.5. The molecule has 4 aromatic carbocycles. The summed E-state index contributed by atoms with van der Waals surface area (Å²) in [6.45, 7) is 15.0. The van der Waals surface area contributed by atoms with Crippen molar-refractivity contribution in [3.05, 3.63) is 135 Å². The number of benzene rings is 4. The molecule has 50 heavy (non-hydrogen) atoms. The summed E-state index contributed by atoms with van der Waals surface area (Å²) in [5.41, 5.74) is 7.15. The molecule has 2 heterocycles. The molecule has 6 aromatic rings. The molecule has 0 bridgehead atoms. The number of hydrogen-bond donors (Lipinski definition) is 2. The molecule has 0 aliphatic carbocycles. The van der Waals surface area contributed by atoms with E-state index in [-0.39, 0.29) is 28.9 Å². The number of rotatable bonds is 4. The van der Waals surface area contributed by atoms with E-state index in [1.165, 1.54) is 0 Å². The van der Waals surface area contributed by atoms with E-state index >= 15 is 0 Å². The highest BCUT2D eigenvalue weighted by molar-refractivity contribution is 14.0. The molecular weight excluding hydrogens is 803 g/mol. The highest BCUT2D eigenvalue weighted by Crippen LogP contribution is 2.29. The Bertz CT molecular complexity index is 2410. The summed E-state index contributed by atoms with van der Waals surface area (Å²) in [4.78, 5) is 8.80. The summed E-state index contributed by atoms with van der Waals surface area (Å²) in [5.74, 6) is 0.352. The van der Waals surface area contributed by atoms with Crippen LogP contribution in [0, 0.1) is 55.4 Å². The van der Waals surface area contributed by atoms with Gasteiger partial charge in [-0.15, -0.1) is 24.0 Å². The molecule has 0 aliphatic heterocycles. The predicted octanol–water partition coefficient (Wildman–Crippen LogP) is 9.34. The fourth-order valence-electron chi connectivity index (χ4n) is 5.83. The van der Waals surface area contributed by atoms with Crippen molar-refractivity contribution in [2.45, 2.75) is 65.2 Å². The Morgan fingerprint density at radius 2 is 1.02 bits per heavy atom. The van der Waals surface area contributed by atoms with Gasteiger partial charge in [0.25, 0.3) is 10.0 Å². The Morgan fingerprint density at radius 3 is 1.54 bits per heavy atom. The van der Waals surface area contributed by atoms with Crippen molar-refractivity contribution in [3.63, 3.8) is 0 Å². The maximum absolute atomic E-state index is 13.0. The lowest BCUT2D eigenvalue weighted by Crippen LogP contribution is -2.17. The van der Waals surface area contributed by atoms with E-state index < -0.39 is 20.0 Å². The third-order valence-electron chi connectivity index (χ3n) is 8.65. The van der Waals surface area contributed by atoms with Gasteiger partial charge in [0, 0.05) is 23.2 Å². The van der Waals surface area contributed by atoms with E-state index in [0.29, 0.717) is 21.4 Å². The van der Waals surface area contributed by atoms with Crippen LogP contribution in [-0.4, -0.2) is 26.8 Å². The van der Waals surface area contributed by atoms with Gasteiger partial charge in [-0.25, -0.2) is 31.9 Å². The molecule has 0 fully saturated rings. The largest absolute Gasteiger partial charge is 0.263 e. The average Bonchev–Trinajstić information content (AvgIpc) is 3.03. The quantitative estimate of drug-likeness (QED) is 0.134. The number of hydrogen-bond acceptors (Lipinski definition) is 6. The Kier molecular flexibility index (Phi) is 13.5. The molecule has 8 nitrogen and oxygen atoms in total. The summed E-state index contributed by atoms with van der Waals surface area (Å²) in [7, 11) is -7.32. The van der Waals surface area contributed by atoms with Crippen LogP contribution in [0.15, 0.2) is 95.0 Å². The maximum atomic E-state index is 13.0. The van der Waals surface area contributed by atoms with E-state index in [2.05, 4.69) is 14.7 Å². The molecule has 264 valence electrons. The summed E-state index contributed by atoms with van der Waals surface area (Å²) >= 11 is 5.85. The molecule has 0 unspecified atom stereocenters. The van der Waals surface area contributed by atoms with Gasteiger partial charge in [0.15, 0.2) is 0 Å². The molecule has 0 amide bonds. The molecule has 0 spiro atoms. The van der Waals surface area contributed by atoms with Gasteiger partial charge in [0.2, 0.25) is 10.0 Å². The number of primary sulfonamides is 1. The van der Waals surface area contributed by atoms with Gasteiger partial charge in [-0.3, -0.25) is 4.72 Å². The number of nitrogens with two attached hydrogens (primary N) is 1. The van der Waals surface area contributed by atoms with Crippen LogP contribution >= 0.6 is 35.6 Å². The first-order chi connectivity index (χ1) is 22.9. The first kappa shape index (κ1) is 40.8. The van der Waals surface area contributed by atoms with Gasteiger partial charge < -0.3 is 0 Å². The molecule has 0 atom stereocenters. The highest BCUT2D eigenvalue weighted by Gasteiger charge is 2.23. The molecule has 12 heteroatoms. The smallest absolute Gasteiger partial charge is 0.263 e. The van der Waals surface area contributed by atoms with Crippen molar-refractivity contribution >= 4 is 83.0 Å². The molecule has 3 N–H and O–H groups in total. The van der Waals surface area contributed by atoms with Gasteiger partial charge in [-0.1, -0.05) is 72.3 Å². The third-order valence-corrected chi connectivity index (χ3v) is 11.8. The Morgan fingerprint density at radius 1 is 0.580 bits per heavy atom. The van der Waals surface area contributed by atoms with Crippen LogP contribution < -0.4 is 9.86 Å². The lowest BCUT2D eigenvalue weighted by molar-refractivity contribution is 0.595. The second-order valence-electron chi connectivity index (χ2n) is 12.0. The van der Waals surface area contributed by atoms with Crippen molar-refractivity contribution < 1.29 is 16.8 Å². The zero-order valence-electron chi connectivity index (χ0n) is 29.3. The fraction of sp³-hybridized carbons (Fsp3) is 0.211. The van der Waals surface area contributed by atoms with Gasteiger partial charge in [0.05, 0.1) is 9.79 Å². The van der Waals surface area contributed by atoms with Gasteiger partial charge in [-0.05, 0) is 123 Å². The van der Waals surface area contributed by atoms with Crippen LogP contribution in [0.5, 0.6) is 0 Å². The number of anilines is 1. The molecule has 0 radical (unpaired) electrons. The Hall–Kier alpha value is -3.62. The van der Waals surface area contributed by atoms with E-state index in [9.17, 15) is 16.8 Å². The van der Waals surface area contributed by atoms with Crippen LogP contribution in [0.2, 0.25) is 5.15 Å². The SMILES string of the molecule is Cc1cc(C)c(S(=O)(=O)Nc2nccc3ccccc23)c(C)c1C.Cc1cc(C)c(S(N)(=O)=O)c(C)c1C.Clc1nccc2ccccc12.I. The molecule has 0 saturated carbocycles. The molecule has 2 aromatic heterocycles. The highest BCUT2D eigenvalue weighted by atomic mass is 127. The van der Waals surface area contributed by atoms with Crippen LogP contribution in [0.3, 0.4) is 0 Å².